The number of carbonyl (C=O) groups excluding carboxylic acids is 1. The molecule has 1 aromatic heterocycles. The molecule has 4 rings (SSSR count). The van der Waals surface area contributed by atoms with Crippen molar-refractivity contribution in [3.8, 4) is 22.8 Å². The van der Waals surface area contributed by atoms with Gasteiger partial charge in [-0.15, -0.1) is 0 Å². The van der Waals surface area contributed by atoms with Gasteiger partial charge < -0.3 is 14.6 Å². The van der Waals surface area contributed by atoms with E-state index in [1.807, 2.05) is 0 Å². The van der Waals surface area contributed by atoms with Crippen molar-refractivity contribution in [3.63, 3.8) is 0 Å². The highest BCUT2D eigenvalue weighted by Crippen LogP contribution is 2.35. The van der Waals surface area contributed by atoms with E-state index < -0.39 is 22.5 Å². The lowest BCUT2D eigenvalue weighted by atomic mass is 10.1. The number of benzene rings is 2. The van der Waals surface area contributed by atoms with Gasteiger partial charge in [-0.05, 0) is 31.3 Å². The fourth-order valence-electron chi connectivity index (χ4n) is 3.72. The summed E-state index contributed by atoms with van der Waals surface area (Å²) in [5.41, 5.74) is -0.303. The van der Waals surface area contributed by atoms with E-state index in [0.29, 0.717) is 13.1 Å². The summed E-state index contributed by atoms with van der Waals surface area (Å²) in [4.78, 5) is 32.6. The normalized spacial score (nSPS) is 14.8. The zero-order valence-electron chi connectivity index (χ0n) is 18.5. The van der Waals surface area contributed by atoms with Gasteiger partial charge in [0.1, 0.15) is 0 Å². The van der Waals surface area contributed by atoms with Crippen LogP contribution in [0.5, 0.6) is 0 Å². The number of nitrogens with one attached hydrogen (secondary N) is 1. The van der Waals surface area contributed by atoms with Crippen LogP contribution in [0.3, 0.4) is 0 Å². The summed E-state index contributed by atoms with van der Waals surface area (Å²) in [6.07, 6.45) is 0. The number of aromatic nitrogens is 1. The van der Waals surface area contributed by atoms with Crippen molar-refractivity contribution in [1.82, 2.24) is 20.1 Å². The second-order valence-electron chi connectivity index (χ2n) is 8.00. The fourth-order valence-corrected chi connectivity index (χ4v) is 3.72. The van der Waals surface area contributed by atoms with Gasteiger partial charge in [-0.3, -0.25) is 19.8 Å². The standard InChI is InChI=1S/C23H23F2N5O4/c1-28-10-12-29(13-11-28)9-8-26-22(31)20-21(16-4-2-3-5-19(16)30(32)33)34-23(27-20)15-6-7-17(24)18(25)14-15/h2-7,14H,8-13H2,1H3,(H,26,31). The molecule has 3 aromatic rings. The summed E-state index contributed by atoms with van der Waals surface area (Å²) in [6, 6.07) is 8.83. The Morgan fingerprint density at radius 1 is 1.15 bits per heavy atom. The largest absolute Gasteiger partial charge is 0.435 e. The van der Waals surface area contributed by atoms with Gasteiger partial charge in [0.05, 0.1) is 10.5 Å². The topological polar surface area (TPSA) is 105 Å². The molecule has 178 valence electrons. The fraction of sp³-hybridized carbons (Fsp3) is 0.304. The summed E-state index contributed by atoms with van der Waals surface area (Å²) >= 11 is 0. The van der Waals surface area contributed by atoms with Crippen molar-refractivity contribution in [3.05, 3.63) is 69.9 Å². The van der Waals surface area contributed by atoms with Crippen LogP contribution >= 0.6 is 0 Å². The molecular weight excluding hydrogens is 448 g/mol. The predicted molar refractivity (Wildman–Crippen MR) is 120 cm³/mol. The number of oxazole rings is 1. The minimum absolute atomic E-state index is 0.0538. The van der Waals surface area contributed by atoms with Crippen molar-refractivity contribution in [2.75, 3.05) is 46.3 Å². The molecule has 0 radical (unpaired) electrons. The Kier molecular flexibility index (Phi) is 6.94. The van der Waals surface area contributed by atoms with Gasteiger partial charge >= 0.3 is 0 Å². The molecular formula is C23H23F2N5O4. The Hall–Kier alpha value is -3.70. The van der Waals surface area contributed by atoms with Crippen LogP contribution in [0.25, 0.3) is 22.8 Å². The van der Waals surface area contributed by atoms with E-state index in [1.165, 1.54) is 24.3 Å². The number of amides is 1. The van der Waals surface area contributed by atoms with E-state index in [-0.39, 0.29) is 34.2 Å². The van der Waals surface area contributed by atoms with Crippen molar-refractivity contribution >= 4 is 11.6 Å². The lowest BCUT2D eigenvalue weighted by Gasteiger charge is -2.32. The van der Waals surface area contributed by atoms with Crippen LogP contribution in [-0.4, -0.2) is 71.9 Å². The van der Waals surface area contributed by atoms with Gasteiger partial charge in [-0.25, -0.2) is 13.8 Å². The highest BCUT2D eigenvalue weighted by atomic mass is 19.2. The van der Waals surface area contributed by atoms with Crippen molar-refractivity contribution in [2.24, 2.45) is 0 Å². The molecule has 1 N–H and O–H groups in total. The van der Waals surface area contributed by atoms with E-state index in [9.17, 15) is 23.7 Å². The van der Waals surface area contributed by atoms with Gasteiger partial charge in [0.25, 0.3) is 11.6 Å². The number of hydrogen-bond donors (Lipinski definition) is 1. The molecule has 2 heterocycles. The monoisotopic (exact) mass is 471 g/mol. The second kappa shape index (κ2) is 10.1. The summed E-state index contributed by atoms with van der Waals surface area (Å²) in [5, 5.41) is 14.3. The predicted octanol–water partition coefficient (Wildman–Crippen LogP) is 3.17. The van der Waals surface area contributed by atoms with Crippen LogP contribution in [0.4, 0.5) is 14.5 Å². The summed E-state index contributed by atoms with van der Waals surface area (Å²) < 4.78 is 32.9. The first-order valence-corrected chi connectivity index (χ1v) is 10.7. The van der Waals surface area contributed by atoms with Crippen molar-refractivity contribution in [2.45, 2.75) is 0 Å². The van der Waals surface area contributed by atoms with E-state index in [4.69, 9.17) is 4.42 Å². The van der Waals surface area contributed by atoms with E-state index >= 15 is 0 Å². The van der Waals surface area contributed by atoms with Crippen molar-refractivity contribution in [1.29, 1.82) is 0 Å². The number of likely N-dealkylation sites (N-methyl/N-ethyl adjacent to an activating group) is 1. The van der Waals surface area contributed by atoms with Crippen LogP contribution in [0.15, 0.2) is 46.9 Å². The molecule has 11 heteroatoms. The Balaban J connectivity index is 1.63. The van der Waals surface area contributed by atoms with Crippen molar-refractivity contribution < 1.29 is 22.9 Å². The molecule has 1 aliphatic heterocycles. The van der Waals surface area contributed by atoms with Gasteiger partial charge in [0.2, 0.25) is 5.89 Å². The molecule has 1 aliphatic rings. The maximum atomic E-state index is 13.8. The number of rotatable bonds is 7. The lowest BCUT2D eigenvalue weighted by molar-refractivity contribution is -0.384. The van der Waals surface area contributed by atoms with Crippen LogP contribution in [0, 0.1) is 21.7 Å². The average molecular weight is 471 g/mol. The molecule has 0 bridgehead atoms. The Bertz CT molecular complexity index is 1210. The zero-order valence-corrected chi connectivity index (χ0v) is 18.5. The Morgan fingerprint density at radius 2 is 1.88 bits per heavy atom. The van der Waals surface area contributed by atoms with Gasteiger partial charge in [0, 0.05) is 50.9 Å². The number of para-hydroxylation sites is 1. The average Bonchev–Trinajstić information content (AvgIpc) is 3.27. The molecule has 1 saturated heterocycles. The smallest absolute Gasteiger partial charge is 0.280 e. The maximum absolute atomic E-state index is 13.8. The van der Waals surface area contributed by atoms with E-state index in [0.717, 1.165) is 38.3 Å². The summed E-state index contributed by atoms with van der Waals surface area (Å²) in [7, 11) is 2.05. The molecule has 0 aliphatic carbocycles. The SMILES string of the molecule is CN1CCN(CCNC(=O)c2nc(-c3ccc(F)c(F)c3)oc2-c2ccccc2[N+](=O)[O-])CC1. The van der Waals surface area contributed by atoms with Crippen LogP contribution in [-0.2, 0) is 0 Å². The number of carbonyl (C=O) groups is 1. The third-order valence-corrected chi connectivity index (χ3v) is 5.66. The Labute approximate surface area is 194 Å². The number of nitrogens with zero attached hydrogens (tertiary/aromatic N) is 4. The highest BCUT2D eigenvalue weighted by molar-refractivity contribution is 5.99. The summed E-state index contributed by atoms with van der Waals surface area (Å²) in [5.74, 6) is -3.02. The van der Waals surface area contributed by atoms with E-state index in [2.05, 4.69) is 27.1 Å². The molecule has 0 spiro atoms. The first kappa shape index (κ1) is 23.5. The Morgan fingerprint density at radius 3 is 2.59 bits per heavy atom. The number of hydrogen-bond acceptors (Lipinski definition) is 7. The van der Waals surface area contributed by atoms with Gasteiger partial charge in [-0.1, -0.05) is 12.1 Å². The third kappa shape index (κ3) is 5.10. The first-order valence-electron chi connectivity index (χ1n) is 10.7. The number of halogens is 2. The highest BCUT2D eigenvalue weighted by Gasteiger charge is 2.27. The maximum Gasteiger partial charge on any atom is 0.280 e. The van der Waals surface area contributed by atoms with Crippen LogP contribution in [0.1, 0.15) is 10.5 Å². The third-order valence-electron chi connectivity index (χ3n) is 5.66. The minimum Gasteiger partial charge on any atom is -0.435 e. The van der Waals surface area contributed by atoms with Gasteiger partial charge in [0.15, 0.2) is 23.1 Å². The molecule has 0 unspecified atom stereocenters. The lowest BCUT2D eigenvalue weighted by Crippen LogP contribution is -2.46. The second-order valence-corrected chi connectivity index (χ2v) is 8.00. The zero-order chi connectivity index (χ0) is 24.2. The molecule has 1 fully saturated rings. The molecule has 0 saturated carbocycles. The van der Waals surface area contributed by atoms with E-state index in [1.54, 1.807) is 6.07 Å². The molecule has 9 nitrogen and oxygen atoms in total. The molecule has 2 aromatic carbocycles. The molecule has 34 heavy (non-hydrogen) atoms. The number of piperazine rings is 1. The minimum atomic E-state index is -1.11. The summed E-state index contributed by atoms with van der Waals surface area (Å²) in [6.45, 7) is 4.63. The van der Waals surface area contributed by atoms with Gasteiger partial charge in [-0.2, -0.15) is 0 Å². The molecule has 0 atom stereocenters. The van der Waals surface area contributed by atoms with Crippen LogP contribution in [0.2, 0.25) is 0 Å². The number of nitro groups is 1. The molecule has 1 amide bonds. The van der Waals surface area contributed by atoms with Crippen LogP contribution < -0.4 is 5.32 Å². The first-order chi connectivity index (χ1) is 16.3. The quantitative estimate of drug-likeness (QED) is 0.417. The number of nitro benzene ring substituents is 1.